The predicted octanol–water partition coefficient (Wildman–Crippen LogP) is 1.91. The van der Waals surface area contributed by atoms with Crippen molar-refractivity contribution in [1.82, 2.24) is 10.3 Å². The fourth-order valence-corrected chi connectivity index (χ4v) is 1.86. The van der Waals surface area contributed by atoms with Gasteiger partial charge in [-0.05, 0) is 45.3 Å². The second-order valence-corrected chi connectivity index (χ2v) is 4.04. The lowest BCUT2D eigenvalue weighted by molar-refractivity contribution is 0.179. The molecular formula is C12H18N2O. The molecule has 1 unspecified atom stereocenters. The smallest absolute Gasteiger partial charge is 0.213 e. The van der Waals surface area contributed by atoms with Gasteiger partial charge < -0.3 is 10.1 Å². The van der Waals surface area contributed by atoms with Crippen molar-refractivity contribution in [2.75, 3.05) is 13.1 Å². The number of nitrogens with one attached hydrogen (secondary N) is 1. The third kappa shape index (κ3) is 3.20. The average Bonchev–Trinajstić information content (AvgIpc) is 2.46. The average molecular weight is 206 g/mol. The zero-order valence-corrected chi connectivity index (χ0v) is 9.20. The molecule has 0 saturated carbocycles. The fourth-order valence-electron chi connectivity index (χ4n) is 1.86. The van der Waals surface area contributed by atoms with E-state index >= 15 is 0 Å². The fraction of sp³-hybridized carbons (Fsp3) is 0.583. The lowest BCUT2D eigenvalue weighted by Gasteiger charge is -2.15. The molecule has 1 aromatic heterocycles. The Balaban J connectivity index is 1.95. The minimum absolute atomic E-state index is 0.328. The van der Waals surface area contributed by atoms with Crippen LogP contribution in [-0.4, -0.2) is 24.2 Å². The number of ether oxygens (including phenoxy) is 1. The van der Waals surface area contributed by atoms with E-state index in [9.17, 15) is 0 Å². The van der Waals surface area contributed by atoms with Gasteiger partial charge >= 0.3 is 0 Å². The van der Waals surface area contributed by atoms with E-state index < -0.39 is 0 Å². The molecule has 1 aliphatic heterocycles. The molecule has 82 valence electrons. The first-order chi connectivity index (χ1) is 7.34. The number of nitrogens with zero attached hydrogens (tertiary/aromatic N) is 1. The van der Waals surface area contributed by atoms with Crippen LogP contribution in [0.25, 0.3) is 0 Å². The summed E-state index contributed by atoms with van der Waals surface area (Å²) in [7, 11) is 0. The van der Waals surface area contributed by atoms with E-state index in [1.165, 1.54) is 6.42 Å². The van der Waals surface area contributed by atoms with Gasteiger partial charge in [0.05, 0.1) is 0 Å². The van der Waals surface area contributed by atoms with Crippen molar-refractivity contribution in [3.05, 3.63) is 23.9 Å². The van der Waals surface area contributed by atoms with Gasteiger partial charge in [-0.3, -0.25) is 0 Å². The number of hydrogen-bond donors (Lipinski definition) is 1. The summed E-state index contributed by atoms with van der Waals surface area (Å²) < 4.78 is 5.86. The van der Waals surface area contributed by atoms with Crippen molar-refractivity contribution in [3.63, 3.8) is 0 Å². The summed E-state index contributed by atoms with van der Waals surface area (Å²) in [5, 5.41) is 3.37. The van der Waals surface area contributed by atoms with Gasteiger partial charge in [-0.15, -0.1) is 0 Å². The Labute approximate surface area is 90.9 Å². The summed E-state index contributed by atoms with van der Waals surface area (Å²) in [6.45, 7) is 4.15. The highest BCUT2D eigenvalue weighted by Gasteiger charge is 2.13. The molecule has 0 aromatic carbocycles. The van der Waals surface area contributed by atoms with Gasteiger partial charge in [0, 0.05) is 11.8 Å². The Morgan fingerprint density at radius 2 is 2.27 bits per heavy atom. The normalized spacial score (nSPS) is 22.1. The summed E-state index contributed by atoms with van der Waals surface area (Å²) in [6, 6.07) is 5.92. The van der Waals surface area contributed by atoms with Crippen molar-refractivity contribution < 1.29 is 4.74 Å². The van der Waals surface area contributed by atoms with Gasteiger partial charge in [-0.1, -0.05) is 6.07 Å². The zero-order valence-electron chi connectivity index (χ0n) is 9.20. The lowest BCUT2D eigenvalue weighted by atomic mass is 10.2. The largest absolute Gasteiger partial charge is 0.474 e. The molecule has 3 nitrogen and oxygen atoms in total. The molecule has 0 amide bonds. The van der Waals surface area contributed by atoms with E-state index in [0.717, 1.165) is 37.5 Å². The summed E-state index contributed by atoms with van der Waals surface area (Å²) in [5.41, 5.74) is 1.01. The van der Waals surface area contributed by atoms with Crippen molar-refractivity contribution >= 4 is 0 Å². The Bertz CT molecular complexity index is 306. The van der Waals surface area contributed by atoms with Crippen LogP contribution < -0.4 is 10.1 Å². The standard InChI is InChI=1S/C12H18N2O/c1-10-4-2-6-12(14-10)15-11-5-3-8-13-9-7-11/h2,4,6,11,13H,3,5,7-9H2,1H3. The molecular weight excluding hydrogens is 188 g/mol. The first-order valence-corrected chi connectivity index (χ1v) is 5.65. The van der Waals surface area contributed by atoms with Crippen molar-refractivity contribution in [2.24, 2.45) is 0 Å². The van der Waals surface area contributed by atoms with Crippen molar-refractivity contribution in [1.29, 1.82) is 0 Å². The molecule has 2 rings (SSSR count). The van der Waals surface area contributed by atoms with Crippen LogP contribution in [0.1, 0.15) is 25.0 Å². The molecule has 2 heterocycles. The maximum Gasteiger partial charge on any atom is 0.213 e. The van der Waals surface area contributed by atoms with Gasteiger partial charge in [-0.25, -0.2) is 4.98 Å². The van der Waals surface area contributed by atoms with E-state index in [0.29, 0.717) is 6.10 Å². The Hall–Kier alpha value is -1.09. The number of aryl methyl sites for hydroxylation is 1. The van der Waals surface area contributed by atoms with Crippen LogP contribution in [-0.2, 0) is 0 Å². The van der Waals surface area contributed by atoms with Gasteiger partial charge in [0.1, 0.15) is 6.10 Å². The molecule has 1 atom stereocenters. The number of rotatable bonds is 2. The van der Waals surface area contributed by atoms with Crippen molar-refractivity contribution in [2.45, 2.75) is 32.3 Å². The highest BCUT2D eigenvalue weighted by molar-refractivity contribution is 5.14. The SMILES string of the molecule is Cc1cccc(OC2CCCNCC2)n1. The molecule has 1 N–H and O–H groups in total. The van der Waals surface area contributed by atoms with Crippen LogP contribution in [0.3, 0.4) is 0 Å². The van der Waals surface area contributed by atoms with E-state index in [1.54, 1.807) is 0 Å². The monoisotopic (exact) mass is 206 g/mol. The Morgan fingerprint density at radius 3 is 3.13 bits per heavy atom. The summed E-state index contributed by atoms with van der Waals surface area (Å²) in [4.78, 5) is 4.36. The van der Waals surface area contributed by atoms with Gasteiger partial charge in [0.15, 0.2) is 0 Å². The molecule has 3 heteroatoms. The molecule has 0 radical (unpaired) electrons. The van der Waals surface area contributed by atoms with Crippen LogP contribution in [0.5, 0.6) is 5.88 Å². The second-order valence-electron chi connectivity index (χ2n) is 4.04. The second kappa shape index (κ2) is 5.12. The first-order valence-electron chi connectivity index (χ1n) is 5.65. The number of hydrogen-bond acceptors (Lipinski definition) is 3. The Kier molecular flexibility index (Phi) is 3.56. The summed E-state index contributed by atoms with van der Waals surface area (Å²) in [5.74, 6) is 0.766. The molecule has 0 bridgehead atoms. The predicted molar refractivity (Wildman–Crippen MR) is 60.1 cm³/mol. The van der Waals surface area contributed by atoms with Crippen LogP contribution in [0.15, 0.2) is 18.2 Å². The quantitative estimate of drug-likeness (QED) is 0.802. The minimum Gasteiger partial charge on any atom is -0.474 e. The van der Waals surface area contributed by atoms with Crippen LogP contribution in [0, 0.1) is 6.92 Å². The summed E-state index contributed by atoms with van der Waals surface area (Å²) >= 11 is 0. The van der Waals surface area contributed by atoms with E-state index in [2.05, 4.69) is 10.3 Å². The third-order valence-electron chi connectivity index (χ3n) is 2.67. The lowest BCUT2D eigenvalue weighted by Crippen LogP contribution is -2.19. The molecule has 0 spiro atoms. The maximum absolute atomic E-state index is 5.86. The van der Waals surface area contributed by atoms with Crippen molar-refractivity contribution in [3.8, 4) is 5.88 Å². The van der Waals surface area contributed by atoms with Gasteiger partial charge in [0.25, 0.3) is 0 Å². The van der Waals surface area contributed by atoms with Gasteiger partial charge in [-0.2, -0.15) is 0 Å². The molecule has 1 aliphatic rings. The topological polar surface area (TPSA) is 34.1 Å². The molecule has 1 aromatic rings. The number of aromatic nitrogens is 1. The Morgan fingerprint density at radius 1 is 1.33 bits per heavy atom. The molecule has 0 aliphatic carbocycles. The maximum atomic E-state index is 5.86. The molecule has 15 heavy (non-hydrogen) atoms. The highest BCUT2D eigenvalue weighted by atomic mass is 16.5. The highest BCUT2D eigenvalue weighted by Crippen LogP contribution is 2.15. The van der Waals surface area contributed by atoms with Crippen LogP contribution in [0.4, 0.5) is 0 Å². The van der Waals surface area contributed by atoms with Crippen LogP contribution in [0.2, 0.25) is 0 Å². The first kappa shape index (κ1) is 10.4. The van der Waals surface area contributed by atoms with E-state index in [-0.39, 0.29) is 0 Å². The summed E-state index contributed by atoms with van der Waals surface area (Å²) in [6.07, 6.45) is 3.73. The minimum atomic E-state index is 0.328. The molecule has 1 fully saturated rings. The van der Waals surface area contributed by atoms with Crippen LogP contribution >= 0.6 is 0 Å². The number of pyridine rings is 1. The third-order valence-corrected chi connectivity index (χ3v) is 2.67. The zero-order chi connectivity index (χ0) is 10.5. The van der Waals surface area contributed by atoms with E-state index in [1.807, 2.05) is 25.1 Å². The molecule has 1 saturated heterocycles. The van der Waals surface area contributed by atoms with E-state index in [4.69, 9.17) is 4.74 Å². The van der Waals surface area contributed by atoms with Gasteiger partial charge in [0.2, 0.25) is 5.88 Å².